The van der Waals surface area contributed by atoms with Gasteiger partial charge in [0, 0.05) is 0 Å². The molecule has 0 aromatic rings. The van der Waals surface area contributed by atoms with Crippen molar-refractivity contribution in [2.24, 2.45) is 0 Å². The van der Waals surface area contributed by atoms with Gasteiger partial charge in [-0.3, -0.25) is 0 Å². The van der Waals surface area contributed by atoms with Crippen LogP contribution in [0.3, 0.4) is 0 Å². The molecule has 0 aromatic carbocycles. The maximum atomic E-state index is 9.88. The molecular formula is C4H5NiO4. The molecule has 1 atom stereocenters. The third-order valence-electron chi connectivity index (χ3n) is 0.594. The molecule has 0 aliphatic heterocycles. The van der Waals surface area contributed by atoms with Crippen molar-refractivity contribution in [3.8, 4) is 0 Å². The van der Waals surface area contributed by atoms with Crippen LogP contribution in [-0.4, -0.2) is 22.2 Å². The Morgan fingerprint density at radius 1 is 1.44 bits per heavy atom. The Hall–Kier alpha value is -0.566. The van der Waals surface area contributed by atoms with Crippen LogP contribution >= 0.6 is 0 Å². The van der Waals surface area contributed by atoms with Crippen molar-refractivity contribution in [3.63, 3.8) is 0 Å². The molecule has 0 aromatic heterocycles. The number of carboxylic acid groups (broad SMARTS) is 2. The molecule has 2 N–H and O–H groups in total. The summed E-state index contributed by atoms with van der Waals surface area (Å²) in [6.45, 7) is 0. The monoisotopic (exact) mass is 175 g/mol. The van der Waals surface area contributed by atoms with Crippen molar-refractivity contribution in [2.45, 2.75) is 11.3 Å². The Morgan fingerprint density at radius 3 is 2.00 bits per heavy atom. The van der Waals surface area contributed by atoms with E-state index in [-0.39, 0.29) is 0 Å². The van der Waals surface area contributed by atoms with E-state index in [1.54, 1.807) is 0 Å². The predicted octanol–water partition coefficient (Wildman–Crippen LogP) is -0.119. The summed E-state index contributed by atoms with van der Waals surface area (Å²) < 4.78 is 0. The van der Waals surface area contributed by atoms with Gasteiger partial charge in [-0.2, -0.15) is 0 Å². The second kappa shape index (κ2) is 3.46. The fourth-order valence-electron chi connectivity index (χ4n) is 0.230. The summed E-state index contributed by atoms with van der Waals surface area (Å²) in [5.74, 6) is -2.41. The Bertz CT molecular complexity index is 133. The molecule has 0 saturated carbocycles. The summed E-state index contributed by atoms with van der Waals surface area (Å²) in [6, 6.07) is 0. The molecule has 0 spiro atoms. The van der Waals surface area contributed by atoms with Crippen molar-refractivity contribution in [1.82, 2.24) is 0 Å². The first-order chi connectivity index (χ1) is 4.04. The van der Waals surface area contributed by atoms with Crippen LogP contribution in [0.15, 0.2) is 0 Å². The summed E-state index contributed by atoms with van der Waals surface area (Å²) >= 11 is 3.97. The molecule has 0 saturated heterocycles. The zero-order valence-corrected chi connectivity index (χ0v) is 5.30. The van der Waals surface area contributed by atoms with Crippen molar-refractivity contribution < 1.29 is 35.3 Å². The number of hydrogen-bond acceptors (Lipinski definition) is 2. The summed E-state index contributed by atoms with van der Waals surface area (Å²) in [7, 11) is 0. The van der Waals surface area contributed by atoms with Crippen LogP contribution in [0, 0.1) is 0 Å². The standard InChI is InChI=1S/C4H5O4.Ni/c5-3(6)1-2-4(7)8;/h1H,2H2,(H,5,6)(H,7,8);. The molecule has 0 aliphatic rings. The first-order valence-electron chi connectivity index (χ1n) is 2.09. The van der Waals surface area contributed by atoms with Crippen LogP contribution < -0.4 is 0 Å². The number of hydrogen-bond donors (Lipinski definition) is 2. The average molecular weight is 176 g/mol. The van der Waals surface area contributed by atoms with Crippen LogP contribution in [0.1, 0.15) is 6.42 Å². The molecule has 0 bridgehead atoms. The second-order valence-corrected chi connectivity index (χ2v) is 2.05. The third-order valence-corrected chi connectivity index (χ3v) is 1.04. The van der Waals surface area contributed by atoms with Gasteiger partial charge in [0.2, 0.25) is 0 Å². The molecule has 0 aliphatic carbocycles. The van der Waals surface area contributed by atoms with Crippen LogP contribution in [0.25, 0.3) is 0 Å². The van der Waals surface area contributed by atoms with E-state index in [0.29, 0.717) is 0 Å². The summed E-state index contributed by atoms with van der Waals surface area (Å²) in [5, 5.41) is 16.1. The van der Waals surface area contributed by atoms with Crippen molar-refractivity contribution in [3.05, 3.63) is 0 Å². The first kappa shape index (κ1) is 8.43. The van der Waals surface area contributed by atoms with Gasteiger partial charge in [-0.05, 0) is 0 Å². The molecule has 0 fully saturated rings. The van der Waals surface area contributed by atoms with Gasteiger partial charge >= 0.3 is 58.5 Å². The number of carboxylic acids is 2. The molecular weight excluding hydrogens is 171 g/mol. The SMILES string of the molecule is O=C(O)C[CH]([Ni])C(=O)O. The Labute approximate surface area is 59.2 Å². The first-order valence-corrected chi connectivity index (χ1v) is 2.66. The Morgan fingerprint density at radius 2 is 1.89 bits per heavy atom. The van der Waals surface area contributed by atoms with Gasteiger partial charge in [0.25, 0.3) is 0 Å². The molecule has 5 heteroatoms. The Balaban J connectivity index is 3.63. The molecule has 9 heavy (non-hydrogen) atoms. The topological polar surface area (TPSA) is 74.6 Å². The molecule has 1 unspecified atom stereocenters. The molecule has 55 valence electrons. The van der Waals surface area contributed by atoms with E-state index in [0.717, 1.165) is 0 Å². The summed E-state index contributed by atoms with van der Waals surface area (Å²) in [4.78, 5) is 18.5. The Kier molecular flexibility index (Phi) is 3.24. The normalized spacial score (nSPS) is 12.7. The van der Waals surface area contributed by atoms with Gasteiger partial charge in [0.1, 0.15) is 0 Å². The second-order valence-electron chi connectivity index (χ2n) is 1.36. The van der Waals surface area contributed by atoms with E-state index in [2.05, 4.69) is 15.5 Å². The van der Waals surface area contributed by atoms with E-state index < -0.39 is 23.2 Å². The number of carbonyl (C=O) groups is 2. The predicted molar refractivity (Wildman–Crippen MR) is 23.6 cm³/mol. The average Bonchev–Trinajstić information content (AvgIpc) is 1.63. The summed E-state index contributed by atoms with van der Waals surface area (Å²) in [6.07, 6.45) is -0.477. The van der Waals surface area contributed by atoms with Crippen molar-refractivity contribution in [2.75, 3.05) is 0 Å². The fraction of sp³-hybridized carbons (Fsp3) is 0.500. The van der Waals surface area contributed by atoms with E-state index in [9.17, 15) is 9.59 Å². The van der Waals surface area contributed by atoms with Gasteiger partial charge in [0.05, 0.1) is 0 Å². The molecule has 0 heterocycles. The molecule has 0 radical (unpaired) electrons. The van der Waals surface area contributed by atoms with Gasteiger partial charge in [-0.25, -0.2) is 0 Å². The zero-order chi connectivity index (χ0) is 7.44. The van der Waals surface area contributed by atoms with Gasteiger partial charge in [0.15, 0.2) is 0 Å². The number of rotatable bonds is 3. The quantitative estimate of drug-likeness (QED) is 0.587. The van der Waals surface area contributed by atoms with Crippen molar-refractivity contribution >= 4 is 11.9 Å². The minimum atomic E-state index is -1.24. The third kappa shape index (κ3) is 3.97. The summed E-state index contributed by atoms with van der Waals surface area (Å²) in [5.41, 5.74) is 0. The zero-order valence-electron chi connectivity index (χ0n) is 4.31. The molecule has 0 rings (SSSR count). The van der Waals surface area contributed by atoms with E-state index in [4.69, 9.17) is 10.2 Å². The van der Waals surface area contributed by atoms with Crippen molar-refractivity contribution in [1.29, 1.82) is 0 Å². The number of aliphatic carboxylic acids is 2. The van der Waals surface area contributed by atoms with Crippen LogP contribution in [0.4, 0.5) is 0 Å². The van der Waals surface area contributed by atoms with E-state index in [1.165, 1.54) is 0 Å². The van der Waals surface area contributed by atoms with E-state index >= 15 is 0 Å². The fourth-order valence-corrected chi connectivity index (χ4v) is 0.402. The van der Waals surface area contributed by atoms with E-state index in [1.807, 2.05) is 0 Å². The van der Waals surface area contributed by atoms with Gasteiger partial charge < -0.3 is 0 Å². The maximum absolute atomic E-state index is 9.88. The van der Waals surface area contributed by atoms with Crippen LogP contribution in [0.5, 0.6) is 0 Å². The molecule has 0 amide bonds. The molecule has 4 nitrogen and oxygen atoms in total. The van der Waals surface area contributed by atoms with Gasteiger partial charge in [-0.15, -0.1) is 0 Å². The minimum absolute atomic E-state index is 0.477. The van der Waals surface area contributed by atoms with Gasteiger partial charge in [-0.1, -0.05) is 0 Å². The van der Waals surface area contributed by atoms with Crippen LogP contribution in [0.2, 0.25) is 4.89 Å². The van der Waals surface area contributed by atoms with Crippen LogP contribution in [-0.2, 0) is 25.1 Å².